The van der Waals surface area contributed by atoms with Crippen molar-refractivity contribution < 1.29 is 9.53 Å². The molecule has 0 radical (unpaired) electrons. The Kier molecular flexibility index (Phi) is 6.35. The van der Waals surface area contributed by atoms with Gasteiger partial charge in [0.15, 0.2) is 5.17 Å². The standard InChI is InChI=1S/C22H24N2O2S/c1-4-26-21(25)18-19(16-11-7-5-8-12-16)23-22(27-15(2)3)24-20(18)17-13-9-6-10-14-17/h5-15,19H,4H2,1-3H3,(H,23,24)/t19-/m1/s1. The van der Waals surface area contributed by atoms with Crippen LogP contribution in [-0.2, 0) is 9.53 Å². The zero-order chi connectivity index (χ0) is 19.2. The van der Waals surface area contributed by atoms with E-state index in [9.17, 15) is 4.79 Å². The monoisotopic (exact) mass is 380 g/mol. The summed E-state index contributed by atoms with van der Waals surface area (Å²) >= 11 is 1.65. The molecular weight excluding hydrogens is 356 g/mol. The third-order valence-corrected chi connectivity index (χ3v) is 4.94. The van der Waals surface area contributed by atoms with Crippen molar-refractivity contribution in [2.24, 2.45) is 4.99 Å². The second-order valence-corrected chi connectivity index (χ2v) is 7.98. The quantitative estimate of drug-likeness (QED) is 0.757. The van der Waals surface area contributed by atoms with E-state index in [2.05, 4.69) is 19.2 Å². The fourth-order valence-electron chi connectivity index (χ4n) is 2.94. The Hall–Kier alpha value is -2.53. The maximum atomic E-state index is 12.9. The Morgan fingerprint density at radius 2 is 1.74 bits per heavy atom. The first-order valence-electron chi connectivity index (χ1n) is 9.13. The lowest BCUT2D eigenvalue weighted by Gasteiger charge is -2.28. The Bertz CT molecular complexity index is 845. The molecule has 1 atom stereocenters. The number of nitrogens with one attached hydrogen (secondary N) is 1. The molecule has 140 valence electrons. The van der Waals surface area contributed by atoms with Crippen molar-refractivity contribution >= 4 is 28.6 Å². The molecule has 1 aliphatic rings. The number of ether oxygens (including phenoxy) is 1. The molecule has 0 aromatic heterocycles. The lowest BCUT2D eigenvalue weighted by Crippen LogP contribution is -2.31. The summed E-state index contributed by atoms with van der Waals surface area (Å²) in [5.41, 5.74) is 3.22. The summed E-state index contributed by atoms with van der Waals surface area (Å²) in [5, 5.41) is 4.56. The number of amidine groups is 1. The van der Waals surface area contributed by atoms with Gasteiger partial charge in [-0.15, -0.1) is 0 Å². The predicted molar refractivity (Wildman–Crippen MR) is 112 cm³/mol. The molecular formula is C22H24N2O2S. The molecule has 0 saturated carbocycles. The van der Waals surface area contributed by atoms with Gasteiger partial charge in [0.2, 0.25) is 0 Å². The first-order valence-corrected chi connectivity index (χ1v) is 10.0. The molecule has 0 amide bonds. The van der Waals surface area contributed by atoms with Crippen LogP contribution in [0.25, 0.3) is 5.70 Å². The molecule has 0 saturated heterocycles. The van der Waals surface area contributed by atoms with Crippen molar-refractivity contribution in [2.75, 3.05) is 6.61 Å². The highest BCUT2D eigenvalue weighted by Gasteiger charge is 2.32. The Morgan fingerprint density at radius 3 is 2.33 bits per heavy atom. The number of hydrogen-bond acceptors (Lipinski definition) is 5. The van der Waals surface area contributed by atoms with E-state index in [1.165, 1.54) is 0 Å². The summed E-state index contributed by atoms with van der Waals surface area (Å²) < 4.78 is 5.39. The largest absolute Gasteiger partial charge is 0.463 e. The molecule has 0 unspecified atom stereocenters. The Balaban J connectivity index is 2.16. The molecule has 1 aliphatic heterocycles. The Labute approximate surface area is 164 Å². The smallest absolute Gasteiger partial charge is 0.338 e. The van der Waals surface area contributed by atoms with E-state index in [1.54, 1.807) is 11.8 Å². The summed E-state index contributed by atoms with van der Waals surface area (Å²) in [6.45, 7) is 6.39. The maximum Gasteiger partial charge on any atom is 0.338 e. The summed E-state index contributed by atoms with van der Waals surface area (Å²) in [4.78, 5) is 17.8. The summed E-state index contributed by atoms with van der Waals surface area (Å²) in [5.74, 6) is -0.338. The molecule has 5 heteroatoms. The lowest BCUT2D eigenvalue weighted by molar-refractivity contribution is -0.138. The number of carbonyl (C=O) groups is 1. The van der Waals surface area contributed by atoms with E-state index >= 15 is 0 Å². The third-order valence-electron chi connectivity index (χ3n) is 4.04. The molecule has 1 heterocycles. The highest BCUT2D eigenvalue weighted by atomic mass is 32.2. The molecule has 2 aromatic rings. The minimum Gasteiger partial charge on any atom is -0.463 e. The van der Waals surface area contributed by atoms with Crippen molar-refractivity contribution in [3.8, 4) is 0 Å². The topological polar surface area (TPSA) is 50.7 Å². The van der Waals surface area contributed by atoms with Crippen LogP contribution in [0.4, 0.5) is 0 Å². The van der Waals surface area contributed by atoms with Gasteiger partial charge in [0.05, 0.1) is 17.9 Å². The van der Waals surface area contributed by atoms with Gasteiger partial charge in [-0.2, -0.15) is 0 Å². The van der Waals surface area contributed by atoms with Crippen LogP contribution in [0.1, 0.15) is 37.9 Å². The second-order valence-electron chi connectivity index (χ2n) is 6.41. The molecule has 3 rings (SSSR count). The van der Waals surface area contributed by atoms with Crippen LogP contribution >= 0.6 is 11.8 Å². The van der Waals surface area contributed by atoms with Crippen LogP contribution in [0, 0.1) is 0 Å². The average molecular weight is 381 g/mol. The molecule has 1 N–H and O–H groups in total. The van der Waals surface area contributed by atoms with Crippen molar-refractivity contribution in [3.05, 3.63) is 77.4 Å². The molecule has 2 aromatic carbocycles. The molecule has 0 fully saturated rings. The number of carbonyl (C=O) groups excluding carboxylic acids is 1. The minimum atomic E-state index is -0.400. The zero-order valence-corrected chi connectivity index (χ0v) is 16.6. The summed E-state index contributed by atoms with van der Waals surface area (Å²) in [6, 6.07) is 19.4. The lowest BCUT2D eigenvalue weighted by atomic mass is 9.94. The van der Waals surface area contributed by atoms with Crippen molar-refractivity contribution in [1.29, 1.82) is 0 Å². The van der Waals surface area contributed by atoms with Crippen LogP contribution < -0.4 is 5.32 Å². The van der Waals surface area contributed by atoms with Gasteiger partial charge >= 0.3 is 5.97 Å². The number of benzene rings is 2. The van der Waals surface area contributed by atoms with Crippen LogP contribution in [0.5, 0.6) is 0 Å². The predicted octanol–water partition coefficient (Wildman–Crippen LogP) is 4.80. The van der Waals surface area contributed by atoms with Crippen molar-refractivity contribution in [2.45, 2.75) is 32.1 Å². The van der Waals surface area contributed by atoms with Gasteiger partial charge in [0.25, 0.3) is 0 Å². The SMILES string of the molecule is CCOC(=O)C1=C(c2ccccc2)NC(SC(C)C)=N[C@@H]1c1ccccc1. The van der Waals surface area contributed by atoms with Gasteiger partial charge in [-0.05, 0) is 18.1 Å². The van der Waals surface area contributed by atoms with E-state index in [0.29, 0.717) is 17.4 Å². The zero-order valence-electron chi connectivity index (χ0n) is 15.8. The van der Waals surface area contributed by atoms with Gasteiger partial charge in [-0.3, -0.25) is 0 Å². The minimum absolute atomic E-state index is 0.323. The Morgan fingerprint density at radius 1 is 1.11 bits per heavy atom. The molecule has 0 spiro atoms. The molecule has 27 heavy (non-hydrogen) atoms. The number of nitrogens with zero attached hydrogens (tertiary/aromatic N) is 1. The third kappa shape index (κ3) is 4.61. The van der Waals surface area contributed by atoms with Gasteiger partial charge in [-0.25, -0.2) is 9.79 Å². The normalized spacial score (nSPS) is 16.7. The van der Waals surface area contributed by atoms with E-state index in [0.717, 1.165) is 22.0 Å². The second kappa shape index (κ2) is 8.91. The molecule has 0 aliphatic carbocycles. The molecule has 0 bridgehead atoms. The fourth-order valence-corrected chi connectivity index (χ4v) is 3.71. The van der Waals surface area contributed by atoms with Crippen molar-refractivity contribution in [1.82, 2.24) is 5.32 Å². The van der Waals surface area contributed by atoms with Crippen LogP contribution in [-0.4, -0.2) is 23.0 Å². The first kappa shape index (κ1) is 19.2. The van der Waals surface area contributed by atoms with E-state index in [1.807, 2.05) is 67.6 Å². The number of hydrogen-bond donors (Lipinski definition) is 1. The van der Waals surface area contributed by atoms with Crippen LogP contribution in [0.15, 0.2) is 71.2 Å². The van der Waals surface area contributed by atoms with Gasteiger partial charge < -0.3 is 10.1 Å². The summed E-state index contributed by atoms with van der Waals surface area (Å²) in [7, 11) is 0. The maximum absolute atomic E-state index is 12.9. The van der Waals surface area contributed by atoms with Gasteiger partial charge in [-0.1, -0.05) is 86.3 Å². The van der Waals surface area contributed by atoms with E-state index in [-0.39, 0.29) is 5.97 Å². The van der Waals surface area contributed by atoms with E-state index < -0.39 is 6.04 Å². The molecule has 4 nitrogen and oxygen atoms in total. The number of esters is 1. The number of rotatable bonds is 5. The summed E-state index contributed by atoms with van der Waals surface area (Å²) in [6.07, 6.45) is 0. The number of thioether (sulfide) groups is 1. The fraction of sp³-hybridized carbons (Fsp3) is 0.273. The van der Waals surface area contributed by atoms with Crippen LogP contribution in [0.3, 0.4) is 0 Å². The average Bonchev–Trinajstić information content (AvgIpc) is 2.68. The highest BCUT2D eigenvalue weighted by Crippen LogP contribution is 2.36. The number of aliphatic imine (C=N–C) groups is 1. The van der Waals surface area contributed by atoms with Crippen LogP contribution in [0.2, 0.25) is 0 Å². The van der Waals surface area contributed by atoms with Gasteiger partial charge in [0, 0.05) is 5.25 Å². The highest BCUT2D eigenvalue weighted by molar-refractivity contribution is 8.14. The first-order chi connectivity index (χ1) is 13.1. The van der Waals surface area contributed by atoms with Crippen molar-refractivity contribution in [3.63, 3.8) is 0 Å². The van der Waals surface area contributed by atoms with E-state index in [4.69, 9.17) is 9.73 Å². The van der Waals surface area contributed by atoms with Gasteiger partial charge in [0.1, 0.15) is 6.04 Å².